The quantitative estimate of drug-likeness (QED) is 0.730. The second kappa shape index (κ2) is 6.46. The highest BCUT2D eigenvalue weighted by Crippen LogP contribution is 2.16. The maximum Gasteiger partial charge on any atom is 0.126 e. The normalized spacial score (nSPS) is 10.7. The van der Waals surface area contributed by atoms with Crippen LogP contribution < -0.4 is 0 Å². The van der Waals surface area contributed by atoms with Gasteiger partial charge in [-0.3, -0.25) is 0 Å². The van der Waals surface area contributed by atoms with E-state index < -0.39 is 0 Å². The average Bonchev–Trinajstić information content (AvgIpc) is 2.40. The molecule has 0 aliphatic carbocycles. The number of hydrogen-bond acceptors (Lipinski definition) is 0. The molecule has 0 bridgehead atoms. The zero-order valence-corrected chi connectivity index (χ0v) is 11.1. The van der Waals surface area contributed by atoms with Gasteiger partial charge >= 0.3 is 0 Å². The molecule has 0 aromatic heterocycles. The summed E-state index contributed by atoms with van der Waals surface area (Å²) in [6.45, 7) is 2.07. The molecule has 0 radical (unpaired) electrons. The van der Waals surface area contributed by atoms with E-state index in [-0.39, 0.29) is 11.6 Å². The highest BCUT2D eigenvalue weighted by molar-refractivity contribution is 5.26. The van der Waals surface area contributed by atoms with Crippen molar-refractivity contribution in [2.75, 3.05) is 0 Å². The fraction of sp³-hybridized carbons (Fsp3) is 0.294. The molecule has 0 saturated heterocycles. The molecule has 0 saturated carbocycles. The van der Waals surface area contributed by atoms with E-state index in [0.29, 0.717) is 24.0 Å². The van der Waals surface area contributed by atoms with Gasteiger partial charge in [0.2, 0.25) is 0 Å². The third-order valence-corrected chi connectivity index (χ3v) is 3.28. The van der Waals surface area contributed by atoms with Crippen molar-refractivity contribution in [2.45, 2.75) is 32.6 Å². The first kappa shape index (κ1) is 13.7. The SMILES string of the molecule is CCCc1ccc(CCc2ccccc2F)c(F)c1. The molecule has 0 amide bonds. The monoisotopic (exact) mass is 260 g/mol. The molecular formula is C17H18F2. The Balaban J connectivity index is 2.06. The lowest BCUT2D eigenvalue weighted by atomic mass is 10.0. The summed E-state index contributed by atoms with van der Waals surface area (Å²) < 4.78 is 27.3. The topological polar surface area (TPSA) is 0 Å². The molecule has 2 aromatic carbocycles. The minimum Gasteiger partial charge on any atom is -0.207 e. The van der Waals surface area contributed by atoms with Crippen LogP contribution in [0.3, 0.4) is 0 Å². The number of rotatable bonds is 5. The van der Waals surface area contributed by atoms with E-state index in [0.717, 1.165) is 18.4 Å². The van der Waals surface area contributed by atoms with Gasteiger partial charge in [-0.25, -0.2) is 8.78 Å². The maximum atomic E-state index is 13.9. The summed E-state index contributed by atoms with van der Waals surface area (Å²) >= 11 is 0. The molecule has 2 heteroatoms. The van der Waals surface area contributed by atoms with Gasteiger partial charge in [-0.1, -0.05) is 43.7 Å². The summed E-state index contributed by atoms with van der Waals surface area (Å²) in [5.41, 5.74) is 2.32. The number of benzene rings is 2. The summed E-state index contributed by atoms with van der Waals surface area (Å²) in [6, 6.07) is 12.0. The molecule has 0 aliphatic rings. The highest BCUT2D eigenvalue weighted by Gasteiger charge is 2.06. The van der Waals surface area contributed by atoms with Crippen molar-refractivity contribution in [3.8, 4) is 0 Å². The lowest BCUT2D eigenvalue weighted by Gasteiger charge is -2.06. The van der Waals surface area contributed by atoms with Crippen LogP contribution in [0.2, 0.25) is 0 Å². The minimum absolute atomic E-state index is 0.178. The molecule has 0 atom stereocenters. The van der Waals surface area contributed by atoms with E-state index in [1.54, 1.807) is 24.3 Å². The lowest BCUT2D eigenvalue weighted by Crippen LogP contribution is -1.98. The minimum atomic E-state index is -0.217. The highest BCUT2D eigenvalue weighted by atomic mass is 19.1. The molecule has 100 valence electrons. The fourth-order valence-corrected chi connectivity index (χ4v) is 2.21. The van der Waals surface area contributed by atoms with Crippen LogP contribution in [0.5, 0.6) is 0 Å². The van der Waals surface area contributed by atoms with Crippen LogP contribution in [0, 0.1) is 11.6 Å². The Hall–Kier alpha value is -1.70. The standard InChI is InChI=1S/C17H18F2/c1-2-5-13-8-9-15(17(19)12-13)11-10-14-6-3-4-7-16(14)18/h3-4,6-9,12H,2,5,10-11H2,1H3. The Kier molecular flexibility index (Phi) is 4.67. The largest absolute Gasteiger partial charge is 0.207 e. The Morgan fingerprint density at radius 3 is 2.11 bits per heavy atom. The molecular weight excluding hydrogens is 242 g/mol. The molecule has 0 N–H and O–H groups in total. The first-order valence-electron chi connectivity index (χ1n) is 6.71. The van der Waals surface area contributed by atoms with Crippen molar-refractivity contribution in [3.63, 3.8) is 0 Å². The van der Waals surface area contributed by atoms with Gasteiger partial charge in [0.25, 0.3) is 0 Å². The summed E-state index contributed by atoms with van der Waals surface area (Å²) in [7, 11) is 0. The van der Waals surface area contributed by atoms with E-state index in [1.807, 2.05) is 12.1 Å². The van der Waals surface area contributed by atoms with Crippen molar-refractivity contribution in [1.29, 1.82) is 0 Å². The summed E-state index contributed by atoms with van der Waals surface area (Å²) in [5, 5.41) is 0. The van der Waals surface area contributed by atoms with Crippen LogP contribution in [-0.4, -0.2) is 0 Å². The zero-order chi connectivity index (χ0) is 13.7. The molecule has 0 fully saturated rings. The van der Waals surface area contributed by atoms with Crippen molar-refractivity contribution in [2.24, 2.45) is 0 Å². The Morgan fingerprint density at radius 1 is 0.789 bits per heavy atom. The van der Waals surface area contributed by atoms with Gasteiger partial charge in [0.15, 0.2) is 0 Å². The maximum absolute atomic E-state index is 13.9. The van der Waals surface area contributed by atoms with Crippen molar-refractivity contribution in [3.05, 3.63) is 70.8 Å². The van der Waals surface area contributed by atoms with Gasteiger partial charge in [-0.15, -0.1) is 0 Å². The Labute approximate surface area is 113 Å². The number of halogens is 2. The summed E-state index contributed by atoms with van der Waals surface area (Å²) in [5.74, 6) is -0.396. The van der Waals surface area contributed by atoms with Crippen LogP contribution in [0.1, 0.15) is 30.0 Å². The predicted molar refractivity (Wildman–Crippen MR) is 74.2 cm³/mol. The first-order chi connectivity index (χ1) is 9.20. The van der Waals surface area contributed by atoms with Crippen LogP contribution >= 0.6 is 0 Å². The van der Waals surface area contributed by atoms with Crippen molar-refractivity contribution >= 4 is 0 Å². The lowest BCUT2D eigenvalue weighted by molar-refractivity contribution is 0.594. The van der Waals surface area contributed by atoms with Gasteiger partial charge in [-0.2, -0.15) is 0 Å². The Morgan fingerprint density at radius 2 is 1.47 bits per heavy atom. The Bertz CT molecular complexity index is 547. The van der Waals surface area contributed by atoms with E-state index in [1.165, 1.54) is 6.07 Å². The summed E-state index contributed by atoms with van der Waals surface area (Å²) in [6.07, 6.45) is 2.95. The van der Waals surface area contributed by atoms with Crippen molar-refractivity contribution < 1.29 is 8.78 Å². The first-order valence-corrected chi connectivity index (χ1v) is 6.71. The van der Waals surface area contributed by atoms with E-state index in [9.17, 15) is 8.78 Å². The van der Waals surface area contributed by atoms with E-state index in [2.05, 4.69) is 6.92 Å². The third-order valence-electron chi connectivity index (χ3n) is 3.28. The van der Waals surface area contributed by atoms with Crippen LogP contribution in [-0.2, 0) is 19.3 Å². The molecule has 19 heavy (non-hydrogen) atoms. The molecule has 0 heterocycles. The van der Waals surface area contributed by atoms with Gasteiger partial charge in [0.05, 0.1) is 0 Å². The van der Waals surface area contributed by atoms with Crippen molar-refractivity contribution in [1.82, 2.24) is 0 Å². The number of hydrogen-bond donors (Lipinski definition) is 0. The second-order valence-electron chi connectivity index (χ2n) is 4.77. The second-order valence-corrected chi connectivity index (χ2v) is 4.77. The molecule has 0 aliphatic heterocycles. The molecule has 0 nitrogen and oxygen atoms in total. The molecule has 0 unspecified atom stereocenters. The zero-order valence-electron chi connectivity index (χ0n) is 11.1. The summed E-state index contributed by atoms with van der Waals surface area (Å²) in [4.78, 5) is 0. The van der Waals surface area contributed by atoms with Crippen LogP contribution in [0.25, 0.3) is 0 Å². The molecule has 2 aromatic rings. The van der Waals surface area contributed by atoms with Gasteiger partial charge in [0, 0.05) is 0 Å². The molecule has 2 rings (SSSR count). The fourth-order valence-electron chi connectivity index (χ4n) is 2.21. The number of aryl methyl sites for hydroxylation is 3. The molecule has 0 spiro atoms. The van der Waals surface area contributed by atoms with Gasteiger partial charge in [0.1, 0.15) is 11.6 Å². The third kappa shape index (κ3) is 3.63. The van der Waals surface area contributed by atoms with E-state index in [4.69, 9.17) is 0 Å². The van der Waals surface area contributed by atoms with Crippen LogP contribution in [0.15, 0.2) is 42.5 Å². The van der Waals surface area contributed by atoms with Gasteiger partial charge in [-0.05, 0) is 48.1 Å². The van der Waals surface area contributed by atoms with Crippen LogP contribution in [0.4, 0.5) is 8.78 Å². The smallest absolute Gasteiger partial charge is 0.126 e. The van der Waals surface area contributed by atoms with Gasteiger partial charge < -0.3 is 0 Å². The average molecular weight is 260 g/mol. The predicted octanol–water partition coefficient (Wildman–Crippen LogP) is 4.70. The van der Waals surface area contributed by atoms with E-state index >= 15 is 0 Å².